The van der Waals surface area contributed by atoms with Crippen molar-refractivity contribution in [2.75, 3.05) is 14.2 Å². The standard InChI is InChI=1S/C15H19NO5/c1-20-13(18)11(14(19)21-2)12(17)15(7-3-4-8-15)16-9-5-6-10-16/h5-6,9-11H,3-4,7-8H2,1-2H3. The molecule has 1 fully saturated rings. The first kappa shape index (κ1) is 15.3. The normalized spacial score (nSPS) is 16.7. The molecule has 1 heterocycles. The summed E-state index contributed by atoms with van der Waals surface area (Å²) in [4.78, 5) is 36.7. The number of aromatic nitrogens is 1. The molecule has 0 amide bonds. The van der Waals surface area contributed by atoms with E-state index in [1.54, 1.807) is 17.0 Å². The highest BCUT2D eigenvalue weighted by Gasteiger charge is 2.50. The van der Waals surface area contributed by atoms with Crippen LogP contribution in [0.15, 0.2) is 24.5 Å². The number of carbonyl (C=O) groups is 3. The fourth-order valence-corrected chi connectivity index (χ4v) is 3.03. The van der Waals surface area contributed by atoms with Crippen LogP contribution in [0.2, 0.25) is 0 Å². The van der Waals surface area contributed by atoms with E-state index in [1.165, 1.54) is 0 Å². The number of ether oxygens (including phenoxy) is 2. The molecule has 0 atom stereocenters. The van der Waals surface area contributed by atoms with Crippen LogP contribution in [0.3, 0.4) is 0 Å². The first-order valence-electron chi connectivity index (χ1n) is 6.90. The number of methoxy groups -OCH3 is 2. The third-order valence-electron chi connectivity index (χ3n) is 4.12. The maximum absolute atomic E-state index is 12.9. The molecule has 0 bridgehead atoms. The molecule has 1 aliphatic rings. The van der Waals surface area contributed by atoms with Gasteiger partial charge in [0.1, 0.15) is 5.54 Å². The Hall–Kier alpha value is -2.11. The van der Waals surface area contributed by atoms with Crippen molar-refractivity contribution in [3.63, 3.8) is 0 Å². The van der Waals surface area contributed by atoms with E-state index in [-0.39, 0.29) is 0 Å². The zero-order valence-electron chi connectivity index (χ0n) is 12.2. The van der Waals surface area contributed by atoms with Crippen molar-refractivity contribution in [2.45, 2.75) is 31.2 Å². The van der Waals surface area contributed by atoms with Crippen molar-refractivity contribution >= 4 is 17.7 Å². The zero-order valence-corrected chi connectivity index (χ0v) is 12.2. The third kappa shape index (κ3) is 2.57. The molecule has 6 nitrogen and oxygen atoms in total. The fourth-order valence-electron chi connectivity index (χ4n) is 3.03. The van der Waals surface area contributed by atoms with Crippen molar-refractivity contribution < 1.29 is 23.9 Å². The van der Waals surface area contributed by atoms with E-state index in [0.717, 1.165) is 27.1 Å². The Bertz CT molecular complexity index is 512. The summed E-state index contributed by atoms with van der Waals surface area (Å²) in [6.45, 7) is 0. The van der Waals surface area contributed by atoms with Gasteiger partial charge < -0.3 is 14.0 Å². The minimum atomic E-state index is -1.53. The summed E-state index contributed by atoms with van der Waals surface area (Å²) < 4.78 is 11.0. The fraction of sp³-hybridized carbons (Fsp3) is 0.533. The Balaban J connectivity index is 2.42. The monoisotopic (exact) mass is 293 g/mol. The van der Waals surface area contributed by atoms with E-state index < -0.39 is 29.2 Å². The highest BCUT2D eigenvalue weighted by atomic mass is 16.5. The van der Waals surface area contributed by atoms with Crippen LogP contribution < -0.4 is 0 Å². The van der Waals surface area contributed by atoms with Gasteiger partial charge in [0.15, 0.2) is 5.78 Å². The lowest BCUT2D eigenvalue weighted by Crippen LogP contribution is -2.48. The molecule has 21 heavy (non-hydrogen) atoms. The summed E-state index contributed by atoms with van der Waals surface area (Å²) in [5, 5.41) is 0. The Kier molecular flexibility index (Phi) is 4.45. The number of hydrogen-bond acceptors (Lipinski definition) is 5. The van der Waals surface area contributed by atoms with E-state index in [4.69, 9.17) is 0 Å². The highest BCUT2D eigenvalue weighted by molar-refractivity contribution is 6.17. The lowest BCUT2D eigenvalue weighted by Gasteiger charge is -2.31. The topological polar surface area (TPSA) is 74.6 Å². The maximum Gasteiger partial charge on any atom is 0.327 e. The molecule has 1 aromatic rings. The van der Waals surface area contributed by atoms with Gasteiger partial charge in [0.2, 0.25) is 5.92 Å². The van der Waals surface area contributed by atoms with Gasteiger partial charge in [-0.15, -0.1) is 0 Å². The number of ketones is 1. The molecule has 0 unspecified atom stereocenters. The molecule has 0 saturated heterocycles. The van der Waals surface area contributed by atoms with Crippen molar-refractivity contribution in [3.05, 3.63) is 24.5 Å². The van der Waals surface area contributed by atoms with Crippen LogP contribution in [0.5, 0.6) is 0 Å². The van der Waals surface area contributed by atoms with Gasteiger partial charge in [-0.1, -0.05) is 12.8 Å². The van der Waals surface area contributed by atoms with Crippen LogP contribution in [0, 0.1) is 5.92 Å². The average molecular weight is 293 g/mol. The van der Waals surface area contributed by atoms with Crippen molar-refractivity contribution in [2.24, 2.45) is 5.92 Å². The van der Waals surface area contributed by atoms with Crippen LogP contribution in [0.25, 0.3) is 0 Å². The van der Waals surface area contributed by atoms with Crippen molar-refractivity contribution in [1.82, 2.24) is 4.57 Å². The van der Waals surface area contributed by atoms with Gasteiger partial charge in [-0.3, -0.25) is 14.4 Å². The molecule has 2 rings (SSSR count). The molecular weight excluding hydrogens is 274 g/mol. The third-order valence-corrected chi connectivity index (χ3v) is 4.12. The highest BCUT2D eigenvalue weighted by Crippen LogP contribution is 2.39. The molecule has 1 aliphatic carbocycles. The van der Waals surface area contributed by atoms with E-state index in [0.29, 0.717) is 12.8 Å². The van der Waals surface area contributed by atoms with Crippen LogP contribution in [0.1, 0.15) is 25.7 Å². The first-order valence-corrected chi connectivity index (χ1v) is 6.90. The summed E-state index contributed by atoms with van der Waals surface area (Å²) in [5.74, 6) is -3.72. The minimum Gasteiger partial charge on any atom is -0.468 e. The van der Waals surface area contributed by atoms with Gasteiger partial charge in [0, 0.05) is 12.4 Å². The van der Waals surface area contributed by atoms with E-state index in [9.17, 15) is 14.4 Å². The lowest BCUT2D eigenvalue weighted by atomic mass is 9.83. The second-order valence-corrected chi connectivity index (χ2v) is 5.17. The van der Waals surface area contributed by atoms with Crippen LogP contribution >= 0.6 is 0 Å². The summed E-state index contributed by atoms with van der Waals surface area (Å²) >= 11 is 0. The average Bonchev–Trinajstić information content (AvgIpc) is 3.17. The predicted octanol–water partition coefficient (Wildman–Crippen LogP) is 1.29. The van der Waals surface area contributed by atoms with E-state index >= 15 is 0 Å². The Morgan fingerprint density at radius 1 is 1.00 bits per heavy atom. The van der Waals surface area contributed by atoms with Crippen LogP contribution in [-0.4, -0.2) is 36.5 Å². The minimum absolute atomic E-state index is 0.449. The largest absolute Gasteiger partial charge is 0.468 e. The quantitative estimate of drug-likeness (QED) is 0.604. The zero-order chi connectivity index (χ0) is 15.5. The van der Waals surface area contributed by atoms with Gasteiger partial charge in [0.05, 0.1) is 14.2 Å². The molecule has 0 aliphatic heterocycles. The summed E-state index contributed by atoms with van der Waals surface area (Å²) in [5.41, 5.74) is -0.865. The number of esters is 2. The van der Waals surface area contributed by atoms with E-state index in [2.05, 4.69) is 9.47 Å². The molecule has 6 heteroatoms. The number of carbonyl (C=O) groups excluding carboxylic acids is 3. The second-order valence-electron chi connectivity index (χ2n) is 5.17. The maximum atomic E-state index is 12.9. The van der Waals surface area contributed by atoms with Crippen LogP contribution in [-0.2, 0) is 29.4 Å². The number of Topliss-reactive ketones (excluding diaryl/α,β-unsaturated/α-hetero) is 1. The van der Waals surface area contributed by atoms with Crippen molar-refractivity contribution in [1.29, 1.82) is 0 Å². The van der Waals surface area contributed by atoms with Gasteiger partial charge >= 0.3 is 11.9 Å². The summed E-state index contributed by atoms with van der Waals surface area (Å²) in [6.07, 6.45) is 6.53. The predicted molar refractivity (Wildman–Crippen MR) is 73.4 cm³/mol. The number of hydrogen-bond donors (Lipinski definition) is 0. The van der Waals surface area contributed by atoms with Gasteiger partial charge in [-0.25, -0.2) is 0 Å². The van der Waals surface area contributed by atoms with Gasteiger partial charge in [-0.2, -0.15) is 0 Å². The molecule has 0 aromatic carbocycles. The number of rotatable bonds is 5. The van der Waals surface area contributed by atoms with Gasteiger partial charge in [0.25, 0.3) is 0 Å². The first-order chi connectivity index (χ1) is 10.1. The van der Waals surface area contributed by atoms with Gasteiger partial charge in [-0.05, 0) is 25.0 Å². The molecule has 114 valence electrons. The summed E-state index contributed by atoms with van der Waals surface area (Å²) in [7, 11) is 2.31. The summed E-state index contributed by atoms with van der Waals surface area (Å²) in [6, 6.07) is 3.64. The number of nitrogens with zero attached hydrogens (tertiary/aromatic N) is 1. The Labute approximate surface area is 123 Å². The Morgan fingerprint density at radius 2 is 1.48 bits per heavy atom. The smallest absolute Gasteiger partial charge is 0.327 e. The molecule has 0 spiro atoms. The SMILES string of the molecule is COC(=O)C(C(=O)OC)C(=O)C1(n2cccc2)CCCC1. The van der Waals surface area contributed by atoms with E-state index in [1.807, 2.05) is 12.1 Å². The van der Waals surface area contributed by atoms with Crippen molar-refractivity contribution in [3.8, 4) is 0 Å². The lowest BCUT2D eigenvalue weighted by molar-refractivity contribution is -0.163. The van der Waals surface area contributed by atoms with Crippen LogP contribution in [0.4, 0.5) is 0 Å². The second kappa shape index (κ2) is 6.11. The molecule has 1 aromatic heterocycles. The Morgan fingerprint density at radius 3 is 1.90 bits per heavy atom. The molecule has 1 saturated carbocycles. The molecule has 0 radical (unpaired) electrons. The molecular formula is C15H19NO5. The molecule has 0 N–H and O–H groups in total.